The van der Waals surface area contributed by atoms with Gasteiger partial charge < -0.3 is 0 Å². The second-order valence-corrected chi connectivity index (χ2v) is 7.05. The van der Waals surface area contributed by atoms with Crippen molar-refractivity contribution in [2.45, 2.75) is 39.0 Å². The smallest absolute Gasteiger partial charge is 0.215 e. The minimum absolute atomic E-state index is 0.171. The first-order chi connectivity index (χ1) is 7.06. The van der Waals surface area contributed by atoms with Crippen molar-refractivity contribution in [2.24, 2.45) is 11.3 Å². The van der Waals surface area contributed by atoms with Gasteiger partial charge in [0.1, 0.15) is 0 Å². The van der Waals surface area contributed by atoms with E-state index in [-0.39, 0.29) is 6.54 Å². The highest BCUT2D eigenvalue weighted by molar-refractivity contribution is 7.88. The third kappa shape index (κ3) is 2.91. The van der Waals surface area contributed by atoms with Gasteiger partial charge in [-0.25, -0.2) is 21.9 Å². The molecule has 0 saturated heterocycles. The molecule has 1 aliphatic rings. The Morgan fingerprint density at radius 2 is 1.94 bits per heavy atom. The van der Waals surface area contributed by atoms with Crippen LogP contribution in [0.5, 0.6) is 0 Å². The highest BCUT2D eigenvalue weighted by Gasteiger charge is 2.54. The van der Waals surface area contributed by atoms with Gasteiger partial charge in [-0.1, -0.05) is 20.3 Å². The van der Waals surface area contributed by atoms with Gasteiger partial charge in [0.2, 0.25) is 10.0 Å². The summed E-state index contributed by atoms with van der Waals surface area (Å²) in [4.78, 5) is 0. The highest BCUT2D eigenvalue weighted by Crippen LogP contribution is 2.50. The van der Waals surface area contributed by atoms with E-state index >= 15 is 0 Å². The molecule has 0 heterocycles. The molecule has 1 fully saturated rings. The van der Waals surface area contributed by atoms with Crippen LogP contribution in [-0.4, -0.2) is 27.1 Å². The van der Waals surface area contributed by atoms with Crippen LogP contribution in [0.15, 0.2) is 0 Å². The number of hydrogen-bond donors (Lipinski definition) is 1. The first-order valence-corrected chi connectivity index (χ1v) is 7.28. The minimum atomic E-state index is -3.39. The fraction of sp³-hybridized carbons (Fsp3) is 1.00. The maximum atomic E-state index is 14.0. The SMILES string of the molecule is CC1(C)CCCC(CNS(C)(=O)=O)C1(F)F. The molecule has 0 aromatic heterocycles. The fourth-order valence-electron chi connectivity index (χ4n) is 2.17. The maximum Gasteiger partial charge on any atom is 0.257 e. The quantitative estimate of drug-likeness (QED) is 0.838. The van der Waals surface area contributed by atoms with E-state index in [1.54, 1.807) is 13.8 Å². The number of halogens is 2. The van der Waals surface area contributed by atoms with Gasteiger partial charge in [0, 0.05) is 17.9 Å². The first kappa shape index (κ1) is 13.8. The van der Waals surface area contributed by atoms with Gasteiger partial charge in [0.05, 0.1) is 6.26 Å². The summed E-state index contributed by atoms with van der Waals surface area (Å²) in [6.07, 6.45) is 2.56. The molecule has 0 bridgehead atoms. The molecule has 3 nitrogen and oxygen atoms in total. The molecule has 0 radical (unpaired) electrons. The fourth-order valence-corrected chi connectivity index (χ4v) is 2.68. The van der Waals surface area contributed by atoms with Gasteiger partial charge in [0.15, 0.2) is 0 Å². The van der Waals surface area contributed by atoms with Crippen LogP contribution in [0.1, 0.15) is 33.1 Å². The third-order valence-corrected chi connectivity index (χ3v) is 4.05. The Bertz CT molecular complexity index is 352. The maximum absolute atomic E-state index is 14.0. The molecule has 1 N–H and O–H groups in total. The molecule has 0 aromatic carbocycles. The Hall–Kier alpha value is -0.230. The summed E-state index contributed by atoms with van der Waals surface area (Å²) in [5, 5.41) is 0. The second kappa shape index (κ2) is 4.22. The highest BCUT2D eigenvalue weighted by atomic mass is 32.2. The number of alkyl halides is 2. The molecule has 1 saturated carbocycles. The van der Waals surface area contributed by atoms with Crippen molar-refractivity contribution in [3.05, 3.63) is 0 Å². The monoisotopic (exact) mass is 255 g/mol. The lowest BCUT2D eigenvalue weighted by molar-refractivity contribution is -0.171. The van der Waals surface area contributed by atoms with E-state index in [1.807, 2.05) is 0 Å². The van der Waals surface area contributed by atoms with Crippen LogP contribution in [-0.2, 0) is 10.0 Å². The molecule has 0 spiro atoms. The number of rotatable bonds is 3. The van der Waals surface area contributed by atoms with E-state index in [4.69, 9.17) is 0 Å². The Morgan fingerprint density at radius 3 is 2.44 bits per heavy atom. The molecular weight excluding hydrogens is 236 g/mol. The van der Waals surface area contributed by atoms with Crippen molar-refractivity contribution in [3.8, 4) is 0 Å². The standard InChI is InChI=1S/C10H19F2NO2S/c1-9(2)6-4-5-8(10(9,11)12)7-13-16(3,14)15/h8,13H,4-7H2,1-3H3. The van der Waals surface area contributed by atoms with E-state index in [0.717, 1.165) is 12.7 Å². The topological polar surface area (TPSA) is 46.2 Å². The summed E-state index contributed by atoms with van der Waals surface area (Å²) in [7, 11) is -3.39. The largest absolute Gasteiger partial charge is 0.257 e. The Balaban J connectivity index is 2.73. The number of nitrogens with one attached hydrogen (secondary N) is 1. The molecule has 6 heteroatoms. The molecular formula is C10H19F2NO2S. The molecule has 96 valence electrons. The van der Waals surface area contributed by atoms with Gasteiger partial charge in [-0.05, 0) is 12.8 Å². The molecule has 1 atom stereocenters. The number of hydrogen-bond acceptors (Lipinski definition) is 2. The van der Waals surface area contributed by atoms with Crippen molar-refractivity contribution in [1.29, 1.82) is 0 Å². The van der Waals surface area contributed by atoms with Crippen LogP contribution in [0.4, 0.5) is 8.78 Å². The van der Waals surface area contributed by atoms with Crippen molar-refractivity contribution >= 4 is 10.0 Å². The van der Waals surface area contributed by atoms with Gasteiger partial charge in [-0.15, -0.1) is 0 Å². The van der Waals surface area contributed by atoms with Crippen molar-refractivity contribution in [1.82, 2.24) is 4.72 Å². The van der Waals surface area contributed by atoms with E-state index in [9.17, 15) is 17.2 Å². The van der Waals surface area contributed by atoms with Crippen molar-refractivity contribution in [2.75, 3.05) is 12.8 Å². The Kier molecular flexibility index (Phi) is 3.65. The summed E-state index contributed by atoms with van der Waals surface area (Å²) in [5.74, 6) is -3.71. The predicted molar refractivity (Wildman–Crippen MR) is 58.9 cm³/mol. The van der Waals surface area contributed by atoms with Crippen LogP contribution >= 0.6 is 0 Å². The van der Waals surface area contributed by atoms with E-state index < -0.39 is 27.3 Å². The van der Waals surface area contributed by atoms with Crippen LogP contribution in [0.2, 0.25) is 0 Å². The summed E-state index contributed by atoms with van der Waals surface area (Å²) < 4.78 is 51.9. The van der Waals surface area contributed by atoms with Gasteiger partial charge in [-0.3, -0.25) is 0 Å². The van der Waals surface area contributed by atoms with Gasteiger partial charge in [0.25, 0.3) is 5.92 Å². The molecule has 1 aliphatic carbocycles. The minimum Gasteiger partial charge on any atom is -0.215 e. The van der Waals surface area contributed by atoms with Crippen molar-refractivity contribution < 1.29 is 17.2 Å². The normalized spacial score (nSPS) is 28.9. The first-order valence-electron chi connectivity index (χ1n) is 5.39. The molecule has 0 amide bonds. The third-order valence-electron chi connectivity index (χ3n) is 3.36. The van der Waals surface area contributed by atoms with Gasteiger partial charge >= 0.3 is 0 Å². The summed E-state index contributed by atoms with van der Waals surface area (Å²) in [6.45, 7) is 2.91. The second-order valence-electron chi connectivity index (χ2n) is 5.22. The van der Waals surface area contributed by atoms with Crippen LogP contribution in [0.25, 0.3) is 0 Å². The Morgan fingerprint density at radius 1 is 1.38 bits per heavy atom. The number of sulfonamides is 1. The zero-order valence-electron chi connectivity index (χ0n) is 9.89. The summed E-state index contributed by atoms with van der Waals surface area (Å²) in [5.41, 5.74) is -1.05. The lowest BCUT2D eigenvalue weighted by atomic mass is 9.69. The molecule has 0 aromatic rings. The average Bonchev–Trinajstić information content (AvgIpc) is 2.06. The predicted octanol–water partition coefficient (Wildman–Crippen LogP) is 2.00. The van der Waals surface area contributed by atoms with Crippen LogP contribution in [0, 0.1) is 11.3 Å². The van der Waals surface area contributed by atoms with Gasteiger partial charge in [-0.2, -0.15) is 0 Å². The van der Waals surface area contributed by atoms with Crippen molar-refractivity contribution in [3.63, 3.8) is 0 Å². The van der Waals surface area contributed by atoms with E-state index in [0.29, 0.717) is 12.8 Å². The van der Waals surface area contributed by atoms with Crippen LogP contribution in [0.3, 0.4) is 0 Å². The van der Waals surface area contributed by atoms with E-state index in [2.05, 4.69) is 4.72 Å². The molecule has 16 heavy (non-hydrogen) atoms. The zero-order chi connectivity index (χ0) is 12.6. The summed E-state index contributed by atoms with van der Waals surface area (Å²) in [6, 6.07) is 0. The summed E-state index contributed by atoms with van der Waals surface area (Å²) >= 11 is 0. The Labute approximate surface area is 95.7 Å². The average molecular weight is 255 g/mol. The van der Waals surface area contributed by atoms with E-state index in [1.165, 1.54) is 0 Å². The zero-order valence-corrected chi connectivity index (χ0v) is 10.7. The lowest BCUT2D eigenvalue weighted by Gasteiger charge is -2.43. The van der Waals surface area contributed by atoms with Crippen LogP contribution < -0.4 is 4.72 Å². The molecule has 1 rings (SSSR count). The lowest BCUT2D eigenvalue weighted by Crippen LogP contribution is -2.50. The molecule has 1 unspecified atom stereocenters. The molecule has 0 aliphatic heterocycles.